The Hall–Kier alpha value is -1.75. The minimum Gasteiger partial charge on any atom is -0.497 e. The third-order valence-corrected chi connectivity index (χ3v) is 6.01. The van der Waals surface area contributed by atoms with E-state index in [0.29, 0.717) is 17.7 Å². The molecule has 3 rings (SSSR count). The van der Waals surface area contributed by atoms with E-state index < -0.39 is 0 Å². The van der Waals surface area contributed by atoms with Gasteiger partial charge in [-0.3, -0.25) is 4.79 Å². The first-order valence-corrected chi connectivity index (χ1v) is 10.00. The molecule has 3 atom stereocenters. The van der Waals surface area contributed by atoms with E-state index in [1.165, 1.54) is 17.0 Å². The lowest BCUT2D eigenvalue weighted by molar-refractivity contribution is -0.915. The molecule has 0 radical (unpaired) electrons. The summed E-state index contributed by atoms with van der Waals surface area (Å²) in [4.78, 5) is 18.9. The third kappa shape index (κ3) is 4.32. The predicted molar refractivity (Wildman–Crippen MR) is 105 cm³/mol. The molecule has 0 spiro atoms. The van der Waals surface area contributed by atoms with Gasteiger partial charge in [0.2, 0.25) is 0 Å². The van der Waals surface area contributed by atoms with Crippen LogP contribution in [0.25, 0.3) is 0 Å². The molecule has 5 nitrogen and oxygen atoms in total. The summed E-state index contributed by atoms with van der Waals surface area (Å²) in [5, 5.41) is 0. The zero-order valence-corrected chi connectivity index (χ0v) is 16.7. The lowest BCUT2D eigenvalue weighted by atomic mass is 9.91. The molecule has 2 aliphatic heterocycles. The van der Waals surface area contributed by atoms with Crippen LogP contribution < -0.4 is 14.5 Å². The van der Waals surface area contributed by atoms with Crippen molar-refractivity contribution in [2.24, 2.45) is 11.8 Å². The van der Waals surface area contributed by atoms with Crippen LogP contribution in [-0.2, 0) is 4.79 Å². The highest BCUT2D eigenvalue weighted by Crippen LogP contribution is 2.21. The van der Waals surface area contributed by atoms with Gasteiger partial charge in [-0.25, -0.2) is 0 Å². The van der Waals surface area contributed by atoms with Crippen molar-refractivity contribution in [3.8, 4) is 5.75 Å². The van der Waals surface area contributed by atoms with Crippen molar-refractivity contribution in [1.82, 2.24) is 4.90 Å². The van der Waals surface area contributed by atoms with Gasteiger partial charge in [-0.05, 0) is 49.4 Å². The van der Waals surface area contributed by atoms with Crippen molar-refractivity contribution in [3.05, 3.63) is 24.3 Å². The minimum absolute atomic E-state index is 0.0607. The number of methoxy groups -OCH3 is 1. The number of nitrogens with zero attached hydrogens (tertiary/aromatic N) is 2. The summed E-state index contributed by atoms with van der Waals surface area (Å²) in [5.41, 5.74) is 1.24. The van der Waals surface area contributed by atoms with Crippen LogP contribution in [0.5, 0.6) is 5.75 Å². The lowest BCUT2D eigenvalue weighted by Gasteiger charge is -2.40. The highest BCUT2D eigenvalue weighted by Gasteiger charge is 2.34. The molecule has 1 amide bonds. The minimum atomic E-state index is 0.0607. The molecule has 2 aliphatic rings. The number of nitrogens with one attached hydrogen (secondary N) is 1. The molecule has 5 heteroatoms. The van der Waals surface area contributed by atoms with Gasteiger partial charge in [0, 0.05) is 18.8 Å². The van der Waals surface area contributed by atoms with Gasteiger partial charge < -0.3 is 19.4 Å². The molecule has 0 unspecified atom stereocenters. The van der Waals surface area contributed by atoms with Crippen LogP contribution in [0, 0.1) is 11.8 Å². The number of quaternary nitrogens is 1. The van der Waals surface area contributed by atoms with E-state index >= 15 is 0 Å². The first-order valence-electron chi connectivity index (χ1n) is 10.00. The van der Waals surface area contributed by atoms with Crippen LogP contribution in [-0.4, -0.2) is 63.2 Å². The number of carbonyl (C=O) groups is 1. The van der Waals surface area contributed by atoms with E-state index in [9.17, 15) is 4.79 Å². The maximum absolute atomic E-state index is 13.0. The van der Waals surface area contributed by atoms with Crippen molar-refractivity contribution >= 4 is 11.6 Å². The topological polar surface area (TPSA) is 37.2 Å². The van der Waals surface area contributed by atoms with E-state index in [4.69, 9.17) is 4.74 Å². The Kier molecular flexibility index (Phi) is 6.07. The summed E-state index contributed by atoms with van der Waals surface area (Å²) in [6.45, 7) is 12.5. The van der Waals surface area contributed by atoms with Crippen molar-refractivity contribution in [1.29, 1.82) is 0 Å². The van der Waals surface area contributed by atoms with Gasteiger partial charge in [0.15, 0.2) is 6.04 Å². The highest BCUT2D eigenvalue weighted by molar-refractivity contribution is 5.80. The Morgan fingerprint density at radius 3 is 2.23 bits per heavy atom. The van der Waals surface area contributed by atoms with Gasteiger partial charge >= 0.3 is 0 Å². The fourth-order valence-electron chi connectivity index (χ4n) is 4.57. The predicted octanol–water partition coefficient (Wildman–Crippen LogP) is 1.29. The van der Waals surface area contributed by atoms with Crippen molar-refractivity contribution in [2.75, 3.05) is 51.3 Å². The number of hydrogen-bond acceptors (Lipinski definition) is 3. The normalized spacial score (nSPS) is 25.8. The monoisotopic (exact) mass is 360 g/mol. The van der Waals surface area contributed by atoms with Gasteiger partial charge in [-0.1, -0.05) is 13.8 Å². The molecular weight excluding hydrogens is 326 g/mol. The van der Waals surface area contributed by atoms with Gasteiger partial charge in [0.05, 0.1) is 33.3 Å². The summed E-state index contributed by atoms with van der Waals surface area (Å²) >= 11 is 0. The Bertz CT molecular complexity index is 586. The average Bonchev–Trinajstić information content (AvgIpc) is 2.66. The van der Waals surface area contributed by atoms with Crippen LogP contribution >= 0.6 is 0 Å². The SMILES string of the molecule is COc1ccc(N2CC[NH+]([C@H](C)C(=O)N3C[C@@H](C)C[C@H](C)C3)CC2)cc1. The fraction of sp³-hybridized carbons (Fsp3) is 0.667. The number of piperazine rings is 1. The average molecular weight is 361 g/mol. The third-order valence-electron chi connectivity index (χ3n) is 6.01. The molecule has 2 saturated heterocycles. The number of hydrogen-bond donors (Lipinski definition) is 1. The van der Waals surface area contributed by atoms with Crippen LogP contribution in [0.4, 0.5) is 5.69 Å². The number of benzene rings is 1. The molecule has 2 fully saturated rings. The van der Waals surface area contributed by atoms with Gasteiger partial charge in [-0.15, -0.1) is 0 Å². The second-order valence-corrected chi connectivity index (χ2v) is 8.25. The Morgan fingerprint density at radius 1 is 1.12 bits per heavy atom. The van der Waals surface area contributed by atoms with E-state index in [2.05, 4.69) is 42.7 Å². The van der Waals surface area contributed by atoms with Gasteiger partial charge in [0.25, 0.3) is 5.91 Å². The number of amides is 1. The van der Waals surface area contributed by atoms with E-state index in [1.54, 1.807) is 7.11 Å². The summed E-state index contributed by atoms with van der Waals surface area (Å²) in [7, 11) is 1.69. The van der Waals surface area contributed by atoms with Crippen molar-refractivity contribution in [2.45, 2.75) is 33.2 Å². The Morgan fingerprint density at radius 2 is 1.69 bits per heavy atom. The molecule has 2 heterocycles. The molecule has 0 aliphatic carbocycles. The van der Waals surface area contributed by atoms with Crippen molar-refractivity contribution in [3.63, 3.8) is 0 Å². The smallest absolute Gasteiger partial charge is 0.280 e. The molecule has 0 saturated carbocycles. The fourth-order valence-corrected chi connectivity index (χ4v) is 4.57. The molecular formula is C21H34N3O2+. The molecule has 1 aromatic rings. The van der Waals surface area contributed by atoms with E-state index in [0.717, 1.165) is 45.0 Å². The largest absolute Gasteiger partial charge is 0.497 e. The number of likely N-dealkylation sites (tertiary alicyclic amines) is 1. The maximum atomic E-state index is 13.0. The maximum Gasteiger partial charge on any atom is 0.280 e. The zero-order chi connectivity index (χ0) is 18.7. The number of carbonyl (C=O) groups excluding carboxylic acids is 1. The quantitative estimate of drug-likeness (QED) is 0.879. The summed E-state index contributed by atoms with van der Waals surface area (Å²) < 4.78 is 5.24. The number of piperidine rings is 1. The van der Waals surface area contributed by atoms with E-state index in [-0.39, 0.29) is 6.04 Å². The van der Waals surface area contributed by atoms with Crippen LogP contribution in [0.15, 0.2) is 24.3 Å². The van der Waals surface area contributed by atoms with E-state index in [1.807, 2.05) is 12.1 Å². The molecule has 26 heavy (non-hydrogen) atoms. The first-order chi connectivity index (χ1) is 12.5. The van der Waals surface area contributed by atoms with Gasteiger partial charge in [0.1, 0.15) is 5.75 Å². The summed E-state index contributed by atoms with van der Waals surface area (Å²) in [6, 6.07) is 8.33. The summed E-state index contributed by atoms with van der Waals surface area (Å²) in [6.07, 6.45) is 1.24. The number of anilines is 1. The van der Waals surface area contributed by atoms with Crippen LogP contribution in [0.1, 0.15) is 27.2 Å². The number of rotatable bonds is 4. The molecule has 144 valence electrons. The molecule has 0 aromatic heterocycles. The molecule has 1 aromatic carbocycles. The lowest BCUT2D eigenvalue weighted by Crippen LogP contribution is -3.19. The van der Waals surface area contributed by atoms with Gasteiger partial charge in [-0.2, -0.15) is 0 Å². The zero-order valence-electron chi connectivity index (χ0n) is 16.7. The Labute approximate surface area is 157 Å². The summed E-state index contributed by atoms with van der Waals surface area (Å²) in [5.74, 6) is 2.48. The second kappa shape index (κ2) is 8.30. The standard InChI is InChI=1S/C21H33N3O2/c1-16-13-17(2)15-24(14-16)21(25)18(3)22-9-11-23(12-10-22)19-5-7-20(26-4)8-6-19/h5-8,16-18H,9-15H2,1-4H3/p+1/t16-,17-,18+/m0/s1. The molecule has 0 bridgehead atoms. The molecule has 1 N–H and O–H groups in total. The second-order valence-electron chi connectivity index (χ2n) is 8.25. The van der Waals surface area contributed by atoms with Crippen LogP contribution in [0.2, 0.25) is 0 Å². The van der Waals surface area contributed by atoms with Crippen molar-refractivity contribution < 1.29 is 14.4 Å². The van der Waals surface area contributed by atoms with Crippen LogP contribution in [0.3, 0.4) is 0 Å². The highest BCUT2D eigenvalue weighted by atomic mass is 16.5. The number of ether oxygens (including phenoxy) is 1. The first kappa shape index (κ1) is 19.0. The Balaban J connectivity index is 1.54.